The summed E-state index contributed by atoms with van der Waals surface area (Å²) in [7, 11) is 1.32. The molecule has 2 rings (SSSR count). The number of carbonyl (C=O) groups excluding carboxylic acids is 1. The van der Waals surface area contributed by atoms with Crippen molar-refractivity contribution in [3.63, 3.8) is 0 Å². The molecule has 1 atom stereocenters. The summed E-state index contributed by atoms with van der Waals surface area (Å²) in [4.78, 5) is 12.6. The Morgan fingerprint density at radius 3 is 2.86 bits per heavy atom. The molecule has 2 aromatic rings. The van der Waals surface area contributed by atoms with Crippen LogP contribution < -0.4 is 10.1 Å². The van der Waals surface area contributed by atoms with Crippen LogP contribution in [0.15, 0.2) is 30.3 Å². The van der Waals surface area contributed by atoms with Crippen LogP contribution in [-0.4, -0.2) is 24.7 Å². The number of aliphatic hydroxyl groups excluding tert-OH is 1. The van der Waals surface area contributed by atoms with Gasteiger partial charge in [0.2, 0.25) is 0 Å². The fourth-order valence-electron chi connectivity index (χ4n) is 1.74. The van der Waals surface area contributed by atoms with Gasteiger partial charge in [-0.1, -0.05) is 17.7 Å². The Balaban J connectivity index is 2.02. The van der Waals surface area contributed by atoms with Crippen molar-refractivity contribution in [2.45, 2.75) is 6.10 Å². The molecule has 1 heterocycles. The molecule has 0 saturated heterocycles. The van der Waals surface area contributed by atoms with Crippen molar-refractivity contribution in [2.24, 2.45) is 0 Å². The number of halogens is 2. The average Bonchev–Trinajstić information content (AvgIpc) is 2.91. The van der Waals surface area contributed by atoms with Crippen LogP contribution in [0.5, 0.6) is 5.75 Å². The topological polar surface area (TPSA) is 58.6 Å². The summed E-state index contributed by atoms with van der Waals surface area (Å²) in [6.07, 6.45) is -0.889. The van der Waals surface area contributed by atoms with Gasteiger partial charge in [-0.2, -0.15) is 0 Å². The third kappa shape index (κ3) is 3.72. The summed E-state index contributed by atoms with van der Waals surface area (Å²) in [6, 6.07) is 7.63. The molecular formula is C14H13ClFNO3S. The molecule has 0 bridgehead atoms. The highest BCUT2D eigenvalue weighted by molar-refractivity contribution is 7.16. The second-order valence-electron chi connectivity index (χ2n) is 4.19. The van der Waals surface area contributed by atoms with Crippen molar-refractivity contribution >= 4 is 28.8 Å². The van der Waals surface area contributed by atoms with Gasteiger partial charge in [0, 0.05) is 11.4 Å². The Kier molecular flexibility index (Phi) is 5.17. The zero-order valence-corrected chi connectivity index (χ0v) is 12.7. The molecule has 0 aliphatic carbocycles. The molecule has 112 valence electrons. The Hall–Kier alpha value is -1.63. The van der Waals surface area contributed by atoms with Crippen molar-refractivity contribution in [2.75, 3.05) is 13.7 Å². The molecule has 0 fully saturated rings. The third-order valence-corrected chi connectivity index (χ3v) is 4.14. The molecule has 0 spiro atoms. The predicted octanol–water partition coefficient (Wildman–Crippen LogP) is 3.01. The molecule has 0 aliphatic rings. The Labute approximate surface area is 130 Å². The van der Waals surface area contributed by atoms with Crippen LogP contribution >= 0.6 is 22.9 Å². The maximum Gasteiger partial charge on any atom is 0.254 e. The van der Waals surface area contributed by atoms with E-state index in [1.807, 2.05) is 0 Å². The van der Waals surface area contributed by atoms with Gasteiger partial charge in [-0.25, -0.2) is 4.39 Å². The summed E-state index contributed by atoms with van der Waals surface area (Å²) in [5.74, 6) is -1.35. The number of ether oxygens (including phenoxy) is 1. The fraction of sp³-hybridized carbons (Fsp3) is 0.214. The largest absolute Gasteiger partial charge is 0.494 e. The minimum atomic E-state index is -0.889. The minimum Gasteiger partial charge on any atom is -0.494 e. The minimum absolute atomic E-state index is 0.00626. The second kappa shape index (κ2) is 6.89. The van der Waals surface area contributed by atoms with Gasteiger partial charge in [0.15, 0.2) is 11.6 Å². The quantitative estimate of drug-likeness (QED) is 0.886. The lowest BCUT2D eigenvalue weighted by Crippen LogP contribution is -2.28. The van der Waals surface area contributed by atoms with E-state index in [0.717, 1.165) is 0 Å². The Morgan fingerprint density at radius 1 is 1.48 bits per heavy atom. The maximum atomic E-state index is 13.9. The molecule has 1 amide bonds. The number of hydrogen-bond donors (Lipinski definition) is 2. The summed E-state index contributed by atoms with van der Waals surface area (Å²) in [6.45, 7) is -0.0354. The van der Waals surface area contributed by atoms with Gasteiger partial charge in [-0.3, -0.25) is 4.79 Å². The molecule has 7 heteroatoms. The standard InChI is InChI=1S/C14H13ClFNO3S/c1-20-10-4-2-3-8(13(10)16)14(19)17-7-9(18)11-5-6-12(15)21-11/h2-6,9,18H,7H2,1H3,(H,17,19). The first kappa shape index (κ1) is 15.8. The maximum absolute atomic E-state index is 13.9. The monoisotopic (exact) mass is 329 g/mol. The number of benzene rings is 1. The highest BCUT2D eigenvalue weighted by Gasteiger charge is 2.17. The number of rotatable bonds is 5. The van der Waals surface area contributed by atoms with E-state index >= 15 is 0 Å². The predicted molar refractivity (Wildman–Crippen MR) is 79.6 cm³/mol. The van der Waals surface area contributed by atoms with Crippen LogP contribution in [0.3, 0.4) is 0 Å². The van der Waals surface area contributed by atoms with Gasteiger partial charge >= 0.3 is 0 Å². The number of hydrogen-bond acceptors (Lipinski definition) is 4. The first-order valence-electron chi connectivity index (χ1n) is 6.07. The lowest BCUT2D eigenvalue weighted by atomic mass is 10.2. The molecule has 1 unspecified atom stereocenters. The highest BCUT2D eigenvalue weighted by Crippen LogP contribution is 2.26. The van der Waals surface area contributed by atoms with Gasteiger partial charge < -0.3 is 15.2 Å². The van der Waals surface area contributed by atoms with Crippen molar-refractivity contribution in [1.29, 1.82) is 0 Å². The molecular weight excluding hydrogens is 317 g/mol. The number of carbonyl (C=O) groups is 1. The van der Waals surface area contributed by atoms with Crippen LogP contribution in [0.25, 0.3) is 0 Å². The summed E-state index contributed by atoms with van der Waals surface area (Å²) >= 11 is 7.00. The van der Waals surface area contributed by atoms with E-state index in [1.54, 1.807) is 12.1 Å². The van der Waals surface area contributed by atoms with Gasteiger partial charge in [0.05, 0.1) is 17.0 Å². The van der Waals surface area contributed by atoms with E-state index < -0.39 is 17.8 Å². The molecule has 1 aromatic carbocycles. The molecule has 21 heavy (non-hydrogen) atoms. The average molecular weight is 330 g/mol. The molecule has 0 saturated carbocycles. The fourth-order valence-corrected chi connectivity index (χ4v) is 2.78. The Morgan fingerprint density at radius 2 is 2.24 bits per heavy atom. The number of aliphatic hydroxyl groups is 1. The van der Waals surface area contributed by atoms with Crippen LogP contribution in [-0.2, 0) is 0 Å². The van der Waals surface area contributed by atoms with Crippen LogP contribution in [0.1, 0.15) is 21.3 Å². The highest BCUT2D eigenvalue weighted by atomic mass is 35.5. The van der Waals surface area contributed by atoms with Crippen LogP contribution in [0.4, 0.5) is 4.39 Å². The third-order valence-electron chi connectivity index (χ3n) is 2.81. The van der Waals surface area contributed by atoms with Gasteiger partial charge in [-0.05, 0) is 24.3 Å². The van der Waals surface area contributed by atoms with E-state index in [2.05, 4.69) is 5.32 Å². The van der Waals surface area contributed by atoms with Crippen LogP contribution in [0, 0.1) is 5.82 Å². The van der Waals surface area contributed by atoms with Crippen molar-refractivity contribution in [3.8, 4) is 5.75 Å². The molecule has 0 radical (unpaired) electrons. The zero-order valence-electron chi connectivity index (χ0n) is 11.1. The lowest BCUT2D eigenvalue weighted by Gasteiger charge is -2.11. The lowest BCUT2D eigenvalue weighted by molar-refractivity contribution is 0.0913. The van der Waals surface area contributed by atoms with Gasteiger partial charge in [0.25, 0.3) is 5.91 Å². The Bertz CT molecular complexity index is 647. The van der Waals surface area contributed by atoms with Crippen molar-refractivity contribution in [1.82, 2.24) is 5.32 Å². The summed E-state index contributed by atoms with van der Waals surface area (Å²) in [5, 5.41) is 12.4. The van der Waals surface area contributed by atoms with Crippen molar-refractivity contribution < 1.29 is 19.0 Å². The van der Waals surface area contributed by atoms with Crippen molar-refractivity contribution in [3.05, 3.63) is 50.9 Å². The number of amides is 1. The van der Waals surface area contributed by atoms with Gasteiger partial charge in [-0.15, -0.1) is 11.3 Å². The number of nitrogens with one attached hydrogen (secondary N) is 1. The summed E-state index contributed by atoms with van der Waals surface area (Å²) in [5.41, 5.74) is -0.134. The second-order valence-corrected chi connectivity index (χ2v) is 5.94. The number of thiophene rings is 1. The van der Waals surface area contributed by atoms with Gasteiger partial charge in [0.1, 0.15) is 6.10 Å². The molecule has 2 N–H and O–H groups in total. The van der Waals surface area contributed by atoms with E-state index in [9.17, 15) is 14.3 Å². The van der Waals surface area contributed by atoms with E-state index in [4.69, 9.17) is 16.3 Å². The van der Waals surface area contributed by atoms with E-state index in [1.165, 1.54) is 36.6 Å². The van der Waals surface area contributed by atoms with E-state index in [0.29, 0.717) is 9.21 Å². The smallest absolute Gasteiger partial charge is 0.254 e. The zero-order chi connectivity index (χ0) is 15.4. The molecule has 0 aliphatic heterocycles. The SMILES string of the molecule is COc1cccc(C(=O)NCC(O)c2ccc(Cl)s2)c1F. The summed E-state index contributed by atoms with van der Waals surface area (Å²) < 4.78 is 19.3. The number of methoxy groups -OCH3 is 1. The first-order chi connectivity index (χ1) is 10.0. The normalized spacial score (nSPS) is 12.0. The van der Waals surface area contributed by atoms with Crippen LogP contribution in [0.2, 0.25) is 4.34 Å². The van der Waals surface area contributed by atoms with E-state index in [-0.39, 0.29) is 17.9 Å². The molecule has 4 nitrogen and oxygen atoms in total. The first-order valence-corrected chi connectivity index (χ1v) is 7.26. The molecule has 1 aromatic heterocycles.